The van der Waals surface area contributed by atoms with E-state index < -0.39 is 26.7 Å². The molecule has 0 unspecified atom stereocenters. The third-order valence-corrected chi connectivity index (χ3v) is 8.37. The summed E-state index contributed by atoms with van der Waals surface area (Å²) in [6.07, 6.45) is -0.519. The summed E-state index contributed by atoms with van der Waals surface area (Å²) < 4.78 is 66.2. The molecule has 1 aromatic rings. The minimum absolute atomic E-state index is 0.0758. The first-order valence-corrected chi connectivity index (χ1v) is 11.4. The van der Waals surface area contributed by atoms with Crippen molar-refractivity contribution >= 4 is 33.4 Å². The molecule has 10 heteroatoms. The van der Waals surface area contributed by atoms with E-state index in [0.29, 0.717) is 6.07 Å². The highest BCUT2D eigenvalue weighted by atomic mass is 35.5. The van der Waals surface area contributed by atoms with Gasteiger partial charge in [0.2, 0.25) is 10.0 Å². The first kappa shape index (κ1) is 20.3. The molecule has 0 aromatic heterocycles. The van der Waals surface area contributed by atoms with Crippen LogP contribution in [-0.4, -0.2) is 61.3 Å². The number of hydrogen-bond donors (Lipinski definition) is 0. The average molecular weight is 429 g/mol. The molecule has 2 aliphatic heterocycles. The van der Waals surface area contributed by atoms with Crippen molar-refractivity contribution in [2.45, 2.75) is 35.2 Å². The molecule has 1 aromatic carbocycles. The summed E-state index contributed by atoms with van der Waals surface area (Å²) in [5.74, 6) is 0. The van der Waals surface area contributed by atoms with Gasteiger partial charge in [-0.15, -0.1) is 0 Å². The molecule has 2 fully saturated rings. The van der Waals surface area contributed by atoms with Crippen LogP contribution in [0, 0.1) is 0 Å². The second-order valence-electron chi connectivity index (χ2n) is 6.55. The Bertz CT molecular complexity index is 767. The molecule has 4 nitrogen and oxygen atoms in total. The molecule has 0 aliphatic carbocycles. The molecule has 146 valence electrons. The summed E-state index contributed by atoms with van der Waals surface area (Å²) in [6, 6.07) is 2.50. The second kappa shape index (κ2) is 7.50. The summed E-state index contributed by atoms with van der Waals surface area (Å²) in [6.45, 7) is 2.41. The lowest BCUT2D eigenvalue weighted by Gasteiger charge is -2.27. The Morgan fingerprint density at radius 3 is 2.42 bits per heavy atom. The van der Waals surface area contributed by atoms with Crippen LogP contribution in [0.3, 0.4) is 0 Å². The lowest BCUT2D eigenvalue weighted by atomic mass is 10.2. The Balaban J connectivity index is 1.91. The number of alkyl halides is 3. The fourth-order valence-corrected chi connectivity index (χ4v) is 6.57. The number of hydrogen-bond acceptors (Lipinski definition) is 4. The summed E-state index contributed by atoms with van der Waals surface area (Å²) in [7, 11) is -4.10. The van der Waals surface area contributed by atoms with Gasteiger partial charge >= 0.3 is 6.18 Å². The van der Waals surface area contributed by atoms with Crippen molar-refractivity contribution in [3.63, 3.8) is 0 Å². The third-order valence-electron chi connectivity index (χ3n) is 4.99. The van der Waals surface area contributed by atoms with Crippen molar-refractivity contribution in [3.05, 3.63) is 28.8 Å². The zero-order valence-electron chi connectivity index (χ0n) is 14.2. The predicted octanol–water partition coefficient (Wildman–Crippen LogP) is 3.56. The zero-order valence-corrected chi connectivity index (χ0v) is 16.6. The van der Waals surface area contributed by atoms with Gasteiger partial charge in [0.25, 0.3) is 0 Å². The highest BCUT2D eigenvalue weighted by Gasteiger charge is 2.43. The van der Waals surface area contributed by atoms with Crippen LogP contribution in [0.2, 0.25) is 5.02 Å². The van der Waals surface area contributed by atoms with Crippen molar-refractivity contribution in [1.29, 1.82) is 0 Å². The van der Waals surface area contributed by atoms with Crippen LogP contribution in [0.15, 0.2) is 23.1 Å². The average Bonchev–Trinajstić information content (AvgIpc) is 3.23. The Morgan fingerprint density at radius 2 is 1.85 bits per heavy atom. The van der Waals surface area contributed by atoms with Crippen molar-refractivity contribution < 1.29 is 21.6 Å². The van der Waals surface area contributed by atoms with Gasteiger partial charge in [-0.3, -0.25) is 4.90 Å². The number of benzene rings is 1. The van der Waals surface area contributed by atoms with E-state index in [2.05, 4.69) is 4.90 Å². The Morgan fingerprint density at radius 1 is 1.19 bits per heavy atom. The van der Waals surface area contributed by atoms with Crippen molar-refractivity contribution in [2.75, 3.05) is 32.4 Å². The molecule has 26 heavy (non-hydrogen) atoms. The smallest absolute Gasteiger partial charge is 0.298 e. The minimum Gasteiger partial charge on any atom is -0.298 e. The summed E-state index contributed by atoms with van der Waals surface area (Å²) >= 11 is 7.55. The molecule has 2 aliphatic rings. The Labute approximate surface area is 160 Å². The minimum atomic E-state index is -4.63. The molecule has 0 saturated carbocycles. The fraction of sp³-hybridized carbons (Fsp3) is 0.625. The largest absolute Gasteiger partial charge is 0.416 e. The molecule has 0 amide bonds. The van der Waals surface area contributed by atoms with Crippen LogP contribution >= 0.6 is 23.4 Å². The highest BCUT2D eigenvalue weighted by Crippen LogP contribution is 2.37. The standard InChI is InChI=1S/C16H20ClF3N2O2S2/c1-25-14-10-22(9-13(14)21-6-2-3-7-21)26(23,24)15-8-11(16(18,19)20)4-5-12(15)17/h4-5,8,13-14H,2-3,6-7,9-10H2,1H3/t13-,14-/m0/s1. The first-order chi connectivity index (χ1) is 12.1. The maximum Gasteiger partial charge on any atom is 0.416 e. The predicted molar refractivity (Wildman–Crippen MR) is 97.1 cm³/mol. The number of thioether (sulfide) groups is 1. The zero-order chi connectivity index (χ0) is 19.1. The van der Waals surface area contributed by atoms with E-state index in [0.717, 1.165) is 38.1 Å². The molecule has 2 heterocycles. The number of halogens is 4. The lowest BCUT2D eigenvalue weighted by molar-refractivity contribution is -0.137. The third kappa shape index (κ3) is 3.87. The molecule has 3 rings (SSSR count). The van der Waals surface area contributed by atoms with Gasteiger partial charge < -0.3 is 0 Å². The van der Waals surface area contributed by atoms with E-state index in [1.165, 1.54) is 4.31 Å². The van der Waals surface area contributed by atoms with Gasteiger partial charge in [0.05, 0.1) is 10.6 Å². The topological polar surface area (TPSA) is 40.6 Å². The molecule has 2 saturated heterocycles. The van der Waals surface area contributed by atoms with Gasteiger partial charge in [0, 0.05) is 24.4 Å². The maximum atomic E-state index is 13.0. The van der Waals surface area contributed by atoms with Gasteiger partial charge in [0.15, 0.2) is 0 Å². The molecular weight excluding hydrogens is 409 g/mol. The lowest BCUT2D eigenvalue weighted by Crippen LogP contribution is -2.40. The molecule has 0 spiro atoms. The van der Waals surface area contributed by atoms with Crippen molar-refractivity contribution in [1.82, 2.24) is 9.21 Å². The molecule has 0 radical (unpaired) electrons. The van der Waals surface area contributed by atoms with Crippen LogP contribution in [-0.2, 0) is 16.2 Å². The highest BCUT2D eigenvalue weighted by molar-refractivity contribution is 7.99. The van der Waals surface area contributed by atoms with Gasteiger partial charge in [-0.25, -0.2) is 8.42 Å². The van der Waals surface area contributed by atoms with E-state index in [4.69, 9.17) is 11.6 Å². The monoisotopic (exact) mass is 428 g/mol. The summed E-state index contributed by atoms with van der Waals surface area (Å²) in [5, 5.41) is -0.101. The summed E-state index contributed by atoms with van der Waals surface area (Å²) in [4.78, 5) is 1.81. The number of nitrogens with zero attached hydrogens (tertiary/aromatic N) is 2. The van der Waals surface area contributed by atoms with E-state index in [1.807, 2.05) is 6.26 Å². The van der Waals surface area contributed by atoms with Crippen molar-refractivity contribution in [3.8, 4) is 0 Å². The van der Waals surface area contributed by atoms with Crippen molar-refractivity contribution in [2.24, 2.45) is 0 Å². The van der Waals surface area contributed by atoms with E-state index >= 15 is 0 Å². The SMILES string of the molecule is CS[C@H]1CN(S(=O)(=O)c2cc(C(F)(F)F)ccc2Cl)C[C@@H]1N1CCCC1. The second-order valence-corrected chi connectivity index (χ2v) is 9.94. The van der Waals surface area contributed by atoms with Gasteiger partial charge in [0.1, 0.15) is 4.90 Å². The first-order valence-electron chi connectivity index (χ1n) is 8.28. The van der Waals surface area contributed by atoms with E-state index in [-0.39, 0.29) is 29.4 Å². The van der Waals surface area contributed by atoms with E-state index in [9.17, 15) is 21.6 Å². The molecule has 0 N–H and O–H groups in total. The van der Waals surface area contributed by atoms with Gasteiger partial charge in [-0.1, -0.05) is 11.6 Å². The van der Waals surface area contributed by atoms with Gasteiger partial charge in [-0.05, 0) is 50.4 Å². The maximum absolute atomic E-state index is 13.0. The molecule has 0 bridgehead atoms. The number of rotatable bonds is 4. The number of likely N-dealkylation sites (tertiary alicyclic amines) is 1. The fourth-order valence-electron chi connectivity index (χ4n) is 3.59. The molecule has 2 atom stereocenters. The normalized spacial score (nSPS) is 25.9. The summed E-state index contributed by atoms with van der Waals surface area (Å²) in [5.41, 5.74) is -1.02. The Hall–Kier alpha value is -0.480. The van der Waals surface area contributed by atoms with Crippen LogP contribution in [0.1, 0.15) is 18.4 Å². The van der Waals surface area contributed by atoms with Crippen LogP contribution < -0.4 is 0 Å². The van der Waals surface area contributed by atoms with Crippen LogP contribution in [0.4, 0.5) is 13.2 Å². The van der Waals surface area contributed by atoms with Crippen LogP contribution in [0.5, 0.6) is 0 Å². The van der Waals surface area contributed by atoms with E-state index in [1.54, 1.807) is 11.8 Å². The number of sulfonamides is 1. The Kier molecular flexibility index (Phi) is 5.85. The molecular formula is C16H20ClF3N2O2S2. The van der Waals surface area contributed by atoms with Gasteiger partial charge in [-0.2, -0.15) is 29.2 Å². The van der Waals surface area contributed by atoms with Crippen LogP contribution in [0.25, 0.3) is 0 Å². The quantitative estimate of drug-likeness (QED) is 0.735.